The summed E-state index contributed by atoms with van der Waals surface area (Å²) >= 11 is 12.5. The van der Waals surface area contributed by atoms with E-state index < -0.39 is 23.0 Å². The Labute approximate surface area is 169 Å². The third-order valence-electron chi connectivity index (χ3n) is 5.10. The van der Waals surface area contributed by atoms with Gasteiger partial charge >= 0.3 is 11.9 Å². The summed E-state index contributed by atoms with van der Waals surface area (Å²) in [6.07, 6.45) is 4.16. The van der Waals surface area contributed by atoms with Crippen LogP contribution < -0.4 is 0 Å². The number of ether oxygens (including phenoxy) is 2. The van der Waals surface area contributed by atoms with Crippen LogP contribution in [0.3, 0.4) is 0 Å². The first-order valence-electron chi connectivity index (χ1n) is 9.21. The van der Waals surface area contributed by atoms with E-state index in [0.29, 0.717) is 34.2 Å². The number of hydrogen-bond donors (Lipinski definition) is 0. The van der Waals surface area contributed by atoms with Gasteiger partial charge in [-0.25, -0.2) is 4.79 Å². The predicted molar refractivity (Wildman–Crippen MR) is 106 cm³/mol. The molecule has 1 aliphatic heterocycles. The summed E-state index contributed by atoms with van der Waals surface area (Å²) < 4.78 is 11.7. The molecule has 0 amide bonds. The lowest BCUT2D eigenvalue weighted by Gasteiger charge is -2.34. The molecule has 3 rings (SSSR count). The van der Waals surface area contributed by atoms with Crippen LogP contribution in [-0.2, 0) is 19.1 Å². The van der Waals surface area contributed by atoms with Crippen molar-refractivity contribution in [2.45, 2.75) is 65.4 Å². The van der Waals surface area contributed by atoms with Crippen molar-refractivity contribution in [3.63, 3.8) is 0 Å². The van der Waals surface area contributed by atoms with Gasteiger partial charge in [-0.15, -0.1) is 0 Å². The lowest BCUT2D eigenvalue weighted by Crippen LogP contribution is -2.37. The Bertz CT molecular complexity index is 804. The second-order valence-electron chi connectivity index (χ2n) is 8.37. The lowest BCUT2D eigenvalue weighted by molar-refractivity contribution is -0.159. The van der Waals surface area contributed by atoms with Gasteiger partial charge in [-0.05, 0) is 71.1 Å². The van der Waals surface area contributed by atoms with Gasteiger partial charge in [0.25, 0.3) is 0 Å². The minimum atomic E-state index is -0.888. The molecule has 1 aromatic rings. The SMILES string of the molecule is Cc1cc(Cl)cc(Cl)c1C1=C(OC(=O)C(C)(C)C)C2(CCCCC2)OC1=O. The van der Waals surface area contributed by atoms with Crippen LogP contribution in [0.2, 0.25) is 10.0 Å². The van der Waals surface area contributed by atoms with E-state index in [4.69, 9.17) is 32.7 Å². The largest absolute Gasteiger partial charge is 0.447 e. The molecule has 0 radical (unpaired) electrons. The van der Waals surface area contributed by atoms with Gasteiger partial charge in [-0.3, -0.25) is 4.79 Å². The topological polar surface area (TPSA) is 52.6 Å². The van der Waals surface area contributed by atoms with E-state index >= 15 is 0 Å². The summed E-state index contributed by atoms with van der Waals surface area (Å²) in [5.74, 6) is -0.596. The number of rotatable bonds is 2. The van der Waals surface area contributed by atoms with E-state index in [1.165, 1.54) is 0 Å². The van der Waals surface area contributed by atoms with Gasteiger partial charge in [-0.2, -0.15) is 0 Å². The first kappa shape index (κ1) is 20.2. The number of hydrogen-bond acceptors (Lipinski definition) is 4. The third kappa shape index (κ3) is 3.74. The summed E-state index contributed by atoms with van der Waals surface area (Å²) in [5, 5.41) is 0.818. The Morgan fingerprint density at radius 2 is 1.78 bits per heavy atom. The van der Waals surface area contributed by atoms with Crippen LogP contribution in [0.5, 0.6) is 0 Å². The molecule has 0 bridgehead atoms. The van der Waals surface area contributed by atoms with Gasteiger partial charge in [0.1, 0.15) is 5.57 Å². The Morgan fingerprint density at radius 1 is 1.15 bits per heavy atom. The smallest absolute Gasteiger partial charge is 0.343 e. The number of aryl methyl sites for hydroxylation is 1. The minimum Gasteiger partial charge on any atom is -0.447 e. The maximum atomic E-state index is 12.9. The van der Waals surface area contributed by atoms with E-state index in [-0.39, 0.29) is 5.57 Å². The molecule has 1 saturated carbocycles. The number of benzene rings is 1. The molecule has 4 nitrogen and oxygen atoms in total. The predicted octanol–water partition coefficient (Wildman–Crippen LogP) is 5.86. The highest BCUT2D eigenvalue weighted by Crippen LogP contribution is 2.49. The number of halogens is 2. The molecule has 1 fully saturated rings. The van der Waals surface area contributed by atoms with Crippen molar-refractivity contribution in [2.24, 2.45) is 5.41 Å². The summed E-state index contributed by atoms with van der Waals surface area (Å²) in [6.45, 7) is 7.16. The highest BCUT2D eigenvalue weighted by molar-refractivity contribution is 6.37. The fourth-order valence-corrected chi connectivity index (χ4v) is 4.36. The molecule has 0 saturated heterocycles. The zero-order chi connectivity index (χ0) is 20.0. The first-order chi connectivity index (χ1) is 12.5. The van der Waals surface area contributed by atoms with Crippen LogP contribution in [0.15, 0.2) is 17.9 Å². The van der Waals surface area contributed by atoms with Gasteiger partial charge in [-0.1, -0.05) is 29.6 Å². The molecular weight excluding hydrogens is 387 g/mol. The van der Waals surface area contributed by atoms with Crippen LogP contribution in [0, 0.1) is 12.3 Å². The standard InChI is InChI=1S/C21H24Cl2O4/c1-12-10-13(22)11-14(23)15(12)16-17(26-19(25)20(2,3)4)21(27-18(16)24)8-6-5-7-9-21/h10-11H,5-9H2,1-4H3. The van der Waals surface area contributed by atoms with Gasteiger partial charge in [0, 0.05) is 10.6 Å². The van der Waals surface area contributed by atoms with Gasteiger partial charge < -0.3 is 9.47 Å². The quantitative estimate of drug-likeness (QED) is 0.572. The average Bonchev–Trinajstić information content (AvgIpc) is 2.79. The monoisotopic (exact) mass is 410 g/mol. The molecule has 0 unspecified atom stereocenters. The van der Waals surface area contributed by atoms with Gasteiger partial charge in [0.05, 0.1) is 10.4 Å². The van der Waals surface area contributed by atoms with Crippen molar-refractivity contribution in [3.05, 3.63) is 39.1 Å². The Hall–Kier alpha value is -1.52. The highest BCUT2D eigenvalue weighted by atomic mass is 35.5. The highest BCUT2D eigenvalue weighted by Gasteiger charge is 2.52. The number of carbonyl (C=O) groups excluding carboxylic acids is 2. The molecule has 6 heteroatoms. The van der Waals surface area contributed by atoms with E-state index in [1.807, 2.05) is 6.92 Å². The average molecular weight is 411 g/mol. The summed E-state index contributed by atoms with van der Waals surface area (Å²) in [6, 6.07) is 3.32. The summed E-state index contributed by atoms with van der Waals surface area (Å²) in [4.78, 5) is 25.6. The maximum Gasteiger partial charge on any atom is 0.343 e. The summed E-state index contributed by atoms with van der Waals surface area (Å²) in [7, 11) is 0. The molecule has 1 aromatic carbocycles. The molecule has 0 aromatic heterocycles. The molecule has 1 spiro atoms. The molecule has 2 aliphatic rings. The van der Waals surface area contributed by atoms with Crippen molar-refractivity contribution in [2.75, 3.05) is 0 Å². The second kappa shape index (κ2) is 7.14. The molecule has 27 heavy (non-hydrogen) atoms. The fourth-order valence-electron chi connectivity index (χ4n) is 3.67. The number of esters is 2. The van der Waals surface area contributed by atoms with Crippen molar-refractivity contribution in [1.29, 1.82) is 0 Å². The molecular formula is C21H24Cl2O4. The van der Waals surface area contributed by atoms with Crippen molar-refractivity contribution in [3.8, 4) is 0 Å². The fraction of sp³-hybridized carbons (Fsp3) is 0.524. The summed E-state index contributed by atoms with van der Waals surface area (Å²) in [5.41, 5.74) is -0.102. The lowest BCUT2D eigenvalue weighted by atomic mass is 9.82. The number of carbonyl (C=O) groups is 2. The molecule has 1 heterocycles. The normalized spacial score (nSPS) is 19.4. The van der Waals surface area contributed by atoms with Crippen LogP contribution >= 0.6 is 23.2 Å². The van der Waals surface area contributed by atoms with Gasteiger partial charge in [0.15, 0.2) is 11.4 Å². The van der Waals surface area contributed by atoms with Crippen LogP contribution in [0.1, 0.15) is 64.0 Å². The Kier molecular flexibility index (Phi) is 5.35. The van der Waals surface area contributed by atoms with Gasteiger partial charge in [0.2, 0.25) is 0 Å². The van der Waals surface area contributed by atoms with Crippen LogP contribution in [0.25, 0.3) is 5.57 Å². The van der Waals surface area contributed by atoms with Crippen molar-refractivity contribution < 1.29 is 19.1 Å². The third-order valence-corrected chi connectivity index (χ3v) is 5.62. The molecule has 146 valence electrons. The van der Waals surface area contributed by atoms with E-state index in [1.54, 1.807) is 32.9 Å². The van der Waals surface area contributed by atoms with E-state index in [2.05, 4.69) is 0 Å². The Morgan fingerprint density at radius 3 is 2.33 bits per heavy atom. The molecule has 1 aliphatic carbocycles. The first-order valence-corrected chi connectivity index (χ1v) is 9.97. The Balaban J connectivity index is 2.21. The van der Waals surface area contributed by atoms with Crippen molar-refractivity contribution in [1.82, 2.24) is 0 Å². The van der Waals surface area contributed by atoms with Crippen LogP contribution in [-0.4, -0.2) is 17.5 Å². The molecule has 0 atom stereocenters. The molecule has 0 N–H and O–H groups in total. The zero-order valence-electron chi connectivity index (χ0n) is 16.1. The second-order valence-corrected chi connectivity index (χ2v) is 9.21. The van der Waals surface area contributed by atoms with Crippen molar-refractivity contribution >= 4 is 40.7 Å². The minimum absolute atomic E-state index is 0.244. The van der Waals surface area contributed by atoms with Crippen LogP contribution in [0.4, 0.5) is 0 Å². The van der Waals surface area contributed by atoms with E-state index in [0.717, 1.165) is 24.8 Å². The zero-order valence-corrected chi connectivity index (χ0v) is 17.6. The maximum absolute atomic E-state index is 12.9. The van der Waals surface area contributed by atoms with E-state index in [9.17, 15) is 9.59 Å².